The number of rotatable bonds is 3. The normalized spacial score (nSPS) is 11.0. The lowest BCUT2D eigenvalue weighted by atomic mass is 10.0. The molecule has 0 saturated heterocycles. The Morgan fingerprint density at radius 2 is 1.29 bits per heavy atom. The van der Waals surface area contributed by atoms with Gasteiger partial charge in [-0.2, -0.15) is 5.10 Å². The van der Waals surface area contributed by atoms with Gasteiger partial charge in [-0.1, -0.05) is 82.9 Å². The zero-order valence-corrected chi connectivity index (χ0v) is 17.5. The van der Waals surface area contributed by atoms with Gasteiger partial charge in [0, 0.05) is 21.7 Å². The topological polar surface area (TPSA) is 17.8 Å². The molecule has 1 aromatic heterocycles. The van der Waals surface area contributed by atoms with E-state index in [0.717, 1.165) is 33.8 Å². The van der Waals surface area contributed by atoms with Crippen molar-refractivity contribution in [3.05, 3.63) is 93.5 Å². The summed E-state index contributed by atoms with van der Waals surface area (Å²) in [6.07, 6.45) is 0. The van der Waals surface area contributed by atoms with E-state index in [0.29, 0.717) is 10.0 Å². The quantitative estimate of drug-likeness (QED) is 0.345. The SMILES string of the molecule is Cc1ccc(-c2nn(-c3cc(Cl)ccc3Cl)c(-c3ccc(C)cc3)c2C)cc1. The van der Waals surface area contributed by atoms with Gasteiger partial charge in [-0.25, -0.2) is 4.68 Å². The summed E-state index contributed by atoms with van der Waals surface area (Å²) in [7, 11) is 0. The van der Waals surface area contributed by atoms with Crippen LogP contribution in [-0.4, -0.2) is 9.78 Å². The molecule has 3 aromatic carbocycles. The maximum Gasteiger partial charge on any atom is 0.0963 e. The minimum absolute atomic E-state index is 0.607. The first-order valence-corrected chi connectivity index (χ1v) is 9.89. The summed E-state index contributed by atoms with van der Waals surface area (Å²) in [5, 5.41) is 6.19. The monoisotopic (exact) mass is 406 g/mol. The average molecular weight is 407 g/mol. The molecule has 4 aromatic rings. The highest BCUT2D eigenvalue weighted by atomic mass is 35.5. The standard InChI is InChI=1S/C24H20Cl2N2/c1-15-4-8-18(9-5-15)23-17(3)24(19-10-6-16(2)7-11-19)28(27-23)22-14-20(25)12-13-21(22)26/h4-14H,1-3H3. The summed E-state index contributed by atoms with van der Waals surface area (Å²) in [4.78, 5) is 0. The van der Waals surface area contributed by atoms with E-state index in [9.17, 15) is 0 Å². The molecule has 0 unspecified atom stereocenters. The Balaban J connectivity index is 2.00. The van der Waals surface area contributed by atoms with Crippen LogP contribution in [0.4, 0.5) is 0 Å². The van der Waals surface area contributed by atoms with Gasteiger partial charge >= 0.3 is 0 Å². The van der Waals surface area contributed by atoms with Gasteiger partial charge in [0.25, 0.3) is 0 Å². The Hall–Kier alpha value is -2.55. The highest BCUT2D eigenvalue weighted by molar-refractivity contribution is 6.34. The van der Waals surface area contributed by atoms with Crippen LogP contribution in [0.2, 0.25) is 10.0 Å². The van der Waals surface area contributed by atoms with Crippen LogP contribution in [0.5, 0.6) is 0 Å². The third-order valence-electron chi connectivity index (χ3n) is 4.91. The molecular weight excluding hydrogens is 387 g/mol. The summed E-state index contributed by atoms with van der Waals surface area (Å²) in [5.41, 5.74) is 8.42. The first-order valence-electron chi connectivity index (χ1n) is 9.13. The number of halogens is 2. The molecule has 0 fully saturated rings. The molecule has 4 rings (SSSR count). The third kappa shape index (κ3) is 3.46. The lowest BCUT2D eigenvalue weighted by Crippen LogP contribution is -2.01. The zero-order chi connectivity index (χ0) is 19.8. The van der Waals surface area contributed by atoms with Crippen molar-refractivity contribution < 1.29 is 0 Å². The third-order valence-corrected chi connectivity index (χ3v) is 5.46. The zero-order valence-electron chi connectivity index (χ0n) is 16.0. The largest absolute Gasteiger partial charge is 0.231 e. The second-order valence-electron chi connectivity index (χ2n) is 7.06. The van der Waals surface area contributed by atoms with Gasteiger partial charge in [0.2, 0.25) is 0 Å². The first kappa shape index (κ1) is 18.8. The fraction of sp³-hybridized carbons (Fsp3) is 0.125. The smallest absolute Gasteiger partial charge is 0.0963 e. The number of benzene rings is 3. The van der Waals surface area contributed by atoms with E-state index in [1.807, 2.05) is 10.7 Å². The van der Waals surface area contributed by atoms with Crippen molar-refractivity contribution in [3.63, 3.8) is 0 Å². The molecular formula is C24H20Cl2N2. The number of hydrogen-bond donors (Lipinski definition) is 0. The number of hydrogen-bond acceptors (Lipinski definition) is 1. The Kier molecular flexibility index (Phi) is 5.01. The average Bonchev–Trinajstić information content (AvgIpc) is 3.02. The molecule has 0 saturated carbocycles. The highest BCUT2D eigenvalue weighted by Crippen LogP contribution is 2.36. The summed E-state index contributed by atoms with van der Waals surface area (Å²) in [5.74, 6) is 0. The summed E-state index contributed by atoms with van der Waals surface area (Å²) < 4.78 is 1.91. The van der Waals surface area contributed by atoms with Crippen molar-refractivity contribution >= 4 is 23.2 Å². The van der Waals surface area contributed by atoms with Crippen LogP contribution < -0.4 is 0 Å². The summed E-state index contributed by atoms with van der Waals surface area (Å²) in [6, 6.07) is 22.3. The summed E-state index contributed by atoms with van der Waals surface area (Å²) >= 11 is 12.8. The molecule has 4 heteroatoms. The molecule has 0 N–H and O–H groups in total. The Morgan fingerprint density at radius 3 is 1.89 bits per heavy atom. The fourth-order valence-corrected chi connectivity index (χ4v) is 3.72. The van der Waals surface area contributed by atoms with E-state index in [4.69, 9.17) is 28.3 Å². The molecule has 0 bridgehead atoms. The molecule has 0 amide bonds. The van der Waals surface area contributed by atoms with Crippen LogP contribution in [0.25, 0.3) is 28.2 Å². The molecule has 1 heterocycles. The van der Waals surface area contributed by atoms with Crippen molar-refractivity contribution in [2.45, 2.75) is 20.8 Å². The molecule has 140 valence electrons. The first-order chi connectivity index (χ1) is 13.4. The van der Waals surface area contributed by atoms with Gasteiger partial charge in [0.1, 0.15) is 0 Å². The number of aryl methyl sites for hydroxylation is 2. The van der Waals surface area contributed by atoms with Crippen LogP contribution in [0.3, 0.4) is 0 Å². The lowest BCUT2D eigenvalue weighted by molar-refractivity contribution is 0.892. The number of nitrogens with zero attached hydrogens (tertiary/aromatic N) is 2. The Morgan fingerprint density at radius 1 is 0.714 bits per heavy atom. The van der Waals surface area contributed by atoms with Gasteiger partial charge in [-0.15, -0.1) is 0 Å². The van der Waals surface area contributed by atoms with Crippen LogP contribution >= 0.6 is 23.2 Å². The van der Waals surface area contributed by atoms with Gasteiger partial charge in [0.05, 0.1) is 22.1 Å². The van der Waals surface area contributed by atoms with E-state index in [-0.39, 0.29) is 0 Å². The predicted octanol–water partition coefficient (Wildman–Crippen LogP) is 7.44. The highest BCUT2D eigenvalue weighted by Gasteiger charge is 2.20. The maximum absolute atomic E-state index is 6.52. The van der Waals surface area contributed by atoms with Crippen LogP contribution in [0, 0.1) is 20.8 Å². The molecule has 2 nitrogen and oxygen atoms in total. The predicted molar refractivity (Wildman–Crippen MR) is 119 cm³/mol. The van der Waals surface area contributed by atoms with Gasteiger partial charge in [0.15, 0.2) is 0 Å². The molecule has 0 spiro atoms. The molecule has 28 heavy (non-hydrogen) atoms. The van der Waals surface area contributed by atoms with Crippen molar-refractivity contribution in [1.29, 1.82) is 0 Å². The molecule has 0 radical (unpaired) electrons. The van der Waals surface area contributed by atoms with E-state index in [1.54, 1.807) is 12.1 Å². The Labute approximate surface area is 175 Å². The molecule has 0 aliphatic rings. The van der Waals surface area contributed by atoms with E-state index in [1.165, 1.54) is 11.1 Å². The minimum atomic E-state index is 0.607. The molecule has 0 aliphatic carbocycles. The second kappa shape index (κ2) is 7.46. The van der Waals surface area contributed by atoms with Crippen molar-refractivity contribution in [2.75, 3.05) is 0 Å². The van der Waals surface area contributed by atoms with E-state index >= 15 is 0 Å². The van der Waals surface area contributed by atoms with Crippen LogP contribution in [-0.2, 0) is 0 Å². The van der Waals surface area contributed by atoms with E-state index < -0.39 is 0 Å². The van der Waals surface area contributed by atoms with Crippen molar-refractivity contribution in [1.82, 2.24) is 9.78 Å². The number of aromatic nitrogens is 2. The Bertz CT molecular complexity index is 1140. The second-order valence-corrected chi connectivity index (χ2v) is 7.91. The van der Waals surface area contributed by atoms with Gasteiger partial charge in [-0.05, 0) is 39.0 Å². The minimum Gasteiger partial charge on any atom is -0.231 e. The van der Waals surface area contributed by atoms with Crippen molar-refractivity contribution in [3.8, 4) is 28.2 Å². The lowest BCUT2D eigenvalue weighted by Gasteiger charge is -2.11. The van der Waals surface area contributed by atoms with Gasteiger partial charge in [-0.3, -0.25) is 0 Å². The maximum atomic E-state index is 6.52. The van der Waals surface area contributed by atoms with Crippen molar-refractivity contribution in [2.24, 2.45) is 0 Å². The molecule has 0 aliphatic heterocycles. The molecule has 0 atom stereocenters. The van der Waals surface area contributed by atoms with Crippen LogP contribution in [0.1, 0.15) is 16.7 Å². The van der Waals surface area contributed by atoms with Crippen LogP contribution in [0.15, 0.2) is 66.7 Å². The van der Waals surface area contributed by atoms with Gasteiger partial charge < -0.3 is 0 Å². The van der Waals surface area contributed by atoms with E-state index in [2.05, 4.69) is 69.3 Å². The fourth-order valence-electron chi connectivity index (χ4n) is 3.35. The summed E-state index contributed by atoms with van der Waals surface area (Å²) in [6.45, 7) is 6.27.